The van der Waals surface area contributed by atoms with Crippen molar-refractivity contribution in [2.75, 3.05) is 0 Å². The van der Waals surface area contributed by atoms with Crippen molar-refractivity contribution in [3.05, 3.63) is 107 Å². The zero-order valence-corrected chi connectivity index (χ0v) is 27.0. The van der Waals surface area contributed by atoms with Crippen molar-refractivity contribution in [1.82, 2.24) is 9.13 Å². The Bertz CT molecular complexity index is 1470. The molecule has 0 aliphatic heterocycles. The minimum absolute atomic E-state index is 0.152. The van der Waals surface area contributed by atoms with Crippen molar-refractivity contribution in [3.8, 4) is 0 Å². The summed E-state index contributed by atoms with van der Waals surface area (Å²) in [6.45, 7) is 13.9. The number of unbranched alkanes of at least 4 members (excludes halogenated alkanes) is 6. The topological polar surface area (TPSA) is 9.86 Å². The largest absolute Gasteiger partial charge is 0.338 e. The smallest absolute Gasteiger partial charge is 0.0640 e. The molecule has 222 valence electrons. The monoisotopic (exact) mass is 560 g/mol. The molecule has 0 N–H and O–H groups in total. The first kappa shape index (κ1) is 30.2. The van der Waals surface area contributed by atoms with Crippen molar-refractivity contribution in [3.63, 3.8) is 0 Å². The van der Waals surface area contributed by atoms with E-state index in [0.29, 0.717) is 0 Å². The minimum atomic E-state index is -0.152. The molecule has 0 aliphatic rings. The minimum Gasteiger partial charge on any atom is -0.338 e. The van der Waals surface area contributed by atoms with E-state index in [0.717, 1.165) is 0 Å². The summed E-state index contributed by atoms with van der Waals surface area (Å²) in [6, 6.07) is 28.1. The molecule has 2 heteroatoms. The summed E-state index contributed by atoms with van der Waals surface area (Å²) in [5, 5.41) is 2.69. The van der Waals surface area contributed by atoms with Gasteiger partial charge < -0.3 is 9.13 Å². The van der Waals surface area contributed by atoms with Gasteiger partial charge in [0.15, 0.2) is 0 Å². The van der Waals surface area contributed by atoms with Crippen LogP contribution in [0.25, 0.3) is 21.8 Å². The van der Waals surface area contributed by atoms with Gasteiger partial charge in [0, 0.05) is 23.4 Å². The molecule has 3 aromatic carbocycles. The molecule has 0 saturated heterocycles. The molecule has 0 saturated carbocycles. The van der Waals surface area contributed by atoms with Crippen LogP contribution in [0.15, 0.2) is 85.2 Å². The van der Waals surface area contributed by atoms with Crippen molar-refractivity contribution in [2.45, 2.75) is 117 Å². The Hall–Kier alpha value is -3.26. The lowest BCUT2D eigenvalue weighted by Gasteiger charge is -2.32. The van der Waals surface area contributed by atoms with Crippen molar-refractivity contribution < 1.29 is 0 Å². The Morgan fingerprint density at radius 2 is 0.881 bits per heavy atom. The molecular weight excluding hydrogens is 508 g/mol. The van der Waals surface area contributed by atoms with Crippen LogP contribution in [0.1, 0.15) is 115 Å². The van der Waals surface area contributed by atoms with Crippen LogP contribution >= 0.6 is 0 Å². The first-order chi connectivity index (χ1) is 20.3. The summed E-state index contributed by atoms with van der Waals surface area (Å²) >= 11 is 0. The van der Waals surface area contributed by atoms with Crippen LogP contribution < -0.4 is 0 Å². The Kier molecular flexibility index (Phi) is 9.31. The van der Waals surface area contributed by atoms with Crippen LogP contribution in [0.3, 0.4) is 0 Å². The molecule has 5 aromatic rings. The highest BCUT2D eigenvalue weighted by Gasteiger charge is 2.27. The van der Waals surface area contributed by atoms with E-state index in [-0.39, 0.29) is 11.1 Å². The van der Waals surface area contributed by atoms with Crippen LogP contribution in [0.2, 0.25) is 0 Å². The molecule has 0 radical (unpaired) electrons. The third kappa shape index (κ3) is 6.24. The second-order valence-corrected chi connectivity index (χ2v) is 13.5. The van der Waals surface area contributed by atoms with E-state index in [1.165, 1.54) is 108 Å². The van der Waals surface area contributed by atoms with Gasteiger partial charge in [0.1, 0.15) is 0 Å². The van der Waals surface area contributed by atoms with Gasteiger partial charge in [0.25, 0.3) is 0 Å². The van der Waals surface area contributed by atoms with Crippen molar-refractivity contribution in [1.29, 1.82) is 0 Å². The van der Waals surface area contributed by atoms with Gasteiger partial charge in [-0.05, 0) is 123 Å². The lowest BCUT2D eigenvalue weighted by Crippen LogP contribution is -2.29. The van der Waals surface area contributed by atoms with E-state index in [9.17, 15) is 0 Å². The summed E-state index contributed by atoms with van der Waals surface area (Å²) in [5.41, 5.74) is 7.89. The van der Waals surface area contributed by atoms with Crippen LogP contribution in [0, 0.1) is 0 Å². The molecule has 0 unspecified atom stereocenters. The van der Waals surface area contributed by atoms with Gasteiger partial charge >= 0.3 is 0 Å². The number of aromatic nitrogens is 2. The molecule has 0 fully saturated rings. The summed E-state index contributed by atoms with van der Waals surface area (Å²) in [7, 11) is 0. The maximum atomic E-state index is 2.45. The van der Waals surface area contributed by atoms with Gasteiger partial charge in [-0.1, -0.05) is 88.8 Å². The van der Waals surface area contributed by atoms with Crippen LogP contribution in [-0.4, -0.2) is 9.13 Å². The highest BCUT2D eigenvalue weighted by atomic mass is 15.0. The normalized spacial score (nSPS) is 12.5. The average Bonchev–Trinajstić information content (AvgIpc) is 3.62. The number of fused-ring (bicyclic) bond motifs is 2. The van der Waals surface area contributed by atoms with Gasteiger partial charge in [-0.3, -0.25) is 0 Å². The van der Waals surface area contributed by atoms with Gasteiger partial charge in [-0.15, -0.1) is 0 Å². The summed E-state index contributed by atoms with van der Waals surface area (Å²) in [5.74, 6) is 0. The van der Waals surface area contributed by atoms with Crippen molar-refractivity contribution in [2.24, 2.45) is 0 Å². The number of hydrogen-bond donors (Lipinski definition) is 0. The molecule has 42 heavy (non-hydrogen) atoms. The Morgan fingerprint density at radius 3 is 1.26 bits per heavy atom. The zero-order valence-electron chi connectivity index (χ0n) is 27.0. The molecular formula is C40H52N2. The fourth-order valence-corrected chi connectivity index (χ4v) is 6.75. The van der Waals surface area contributed by atoms with Crippen LogP contribution in [-0.2, 0) is 23.9 Å². The molecule has 2 heterocycles. The zero-order chi connectivity index (χ0) is 29.7. The first-order valence-corrected chi connectivity index (χ1v) is 16.6. The fourth-order valence-electron chi connectivity index (χ4n) is 6.75. The summed E-state index contributed by atoms with van der Waals surface area (Å²) in [6.07, 6.45) is 17.4. The predicted octanol–water partition coefficient (Wildman–Crippen LogP) is 11.4. The van der Waals surface area contributed by atoms with E-state index in [1.807, 2.05) is 0 Å². The highest BCUT2D eigenvalue weighted by Crippen LogP contribution is 2.35. The molecule has 0 aliphatic carbocycles. The Balaban J connectivity index is 1.34. The lowest BCUT2D eigenvalue weighted by atomic mass is 9.88. The summed E-state index contributed by atoms with van der Waals surface area (Å²) in [4.78, 5) is 0. The van der Waals surface area contributed by atoms with Crippen molar-refractivity contribution >= 4 is 21.8 Å². The quantitative estimate of drug-likeness (QED) is 0.120. The summed E-state index contributed by atoms with van der Waals surface area (Å²) < 4.78 is 4.89. The molecule has 5 rings (SSSR count). The average molecular weight is 561 g/mol. The fraction of sp³-hybridized carbons (Fsp3) is 0.450. The second kappa shape index (κ2) is 12.9. The predicted molar refractivity (Wildman–Crippen MR) is 183 cm³/mol. The van der Waals surface area contributed by atoms with Crippen LogP contribution in [0.4, 0.5) is 0 Å². The maximum absolute atomic E-state index is 2.45. The number of rotatable bonds is 14. The maximum Gasteiger partial charge on any atom is 0.0640 e. The second-order valence-electron chi connectivity index (χ2n) is 13.5. The van der Waals surface area contributed by atoms with Gasteiger partial charge in [0.05, 0.1) is 11.1 Å². The van der Waals surface area contributed by atoms with Gasteiger partial charge in [-0.2, -0.15) is 0 Å². The van der Waals surface area contributed by atoms with Gasteiger partial charge in [-0.25, -0.2) is 0 Å². The number of nitrogens with zero attached hydrogens (tertiary/aromatic N) is 2. The highest BCUT2D eigenvalue weighted by molar-refractivity contribution is 5.82. The molecule has 2 nitrogen and oxygen atoms in total. The third-order valence-corrected chi connectivity index (χ3v) is 9.65. The molecule has 2 aromatic heterocycles. The Morgan fingerprint density at radius 1 is 0.476 bits per heavy atom. The number of hydrogen-bond acceptors (Lipinski definition) is 0. The van der Waals surface area contributed by atoms with Gasteiger partial charge in [0.2, 0.25) is 0 Å². The van der Waals surface area contributed by atoms with E-state index in [2.05, 4.69) is 136 Å². The van der Waals surface area contributed by atoms with E-state index in [4.69, 9.17) is 0 Å². The molecule has 0 bridgehead atoms. The molecule has 0 spiro atoms. The third-order valence-electron chi connectivity index (χ3n) is 9.65. The van der Waals surface area contributed by atoms with Crippen LogP contribution in [0.5, 0.6) is 0 Å². The first-order valence-electron chi connectivity index (χ1n) is 16.6. The lowest BCUT2D eigenvalue weighted by molar-refractivity contribution is 0.442. The Labute approximate surface area is 254 Å². The molecule has 0 atom stereocenters. The number of aryl methyl sites for hydroxylation is 2. The van der Waals surface area contributed by atoms with E-state index < -0.39 is 0 Å². The van der Waals surface area contributed by atoms with E-state index in [1.54, 1.807) is 0 Å². The number of benzene rings is 3. The van der Waals surface area contributed by atoms with E-state index >= 15 is 0 Å². The SMILES string of the molecule is CCCCCCc1ccc2c(ccn2C(C)(C)c2ccc(C(C)(C)n3ccc4cc(CCCCCC)ccc43)cc2)c1. The standard InChI is InChI=1S/C40H52N2/c1-7-9-11-13-15-31-17-23-37-33(29-31)25-27-41(37)39(3,4)35-19-21-36(22-20-35)40(5,6)42-28-26-34-30-32(18-24-38(34)42)16-14-12-10-8-2/h17-30H,7-16H2,1-6H3. The molecule has 0 amide bonds.